The Morgan fingerprint density at radius 1 is 1.39 bits per heavy atom. The molecule has 0 bridgehead atoms. The Kier molecular flexibility index (Phi) is 6.59. The fraction of sp³-hybridized carbons (Fsp3) is 0.455. The highest BCUT2D eigenvalue weighted by Gasteiger charge is 2.19. The van der Waals surface area contributed by atoms with Crippen molar-refractivity contribution in [2.45, 2.75) is 17.4 Å². The normalized spacial score (nSPS) is 13.5. The van der Waals surface area contributed by atoms with Gasteiger partial charge in [-0.05, 0) is 30.7 Å². The third-order valence-corrected chi connectivity index (χ3v) is 4.52. The van der Waals surface area contributed by atoms with Crippen LogP contribution < -0.4 is 4.72 Å². The summed E-state index contributed by atoms with van der Waals surface area (Å²) >= 11 is 9.01. The van der Waals surface area contributed by atoms with Crippen LogP contribution in [-0.4, -0.2) is 33.5 Å². The number of rotatable bonds is 7. The lowest BCUT2D eigenvalue weighted by Gasteiger charge is -2.16. The third kappa shape index (κ3) is 4.85. The molecule has 1 aromatic rings. The molecule has 7 heteroatoms. The topological polar surface area (TPSA) is 55.4 Å². The number of hydrogen-bond acceptors (Lipinski definition) is 3. The summed E-state index contributed by atoms with van der Waals surface area (Å²) in [6.45, 7) is 0.332. The maximum Gasteiger partial charge on any atom is 0.240 e. The highest BCUT2D eigenvalue weighted by molar-refractivity contribution is 9.09. The van der Waals surface area contributed by atoms with Gasteiger partial charge in [0.1, 0.15) is 0 Å². The molecule has 0 radical (unpaired) electrons. The van der Waals surface area contributed by atoms with Gasteiger partial charge in [-0.1, -0.05) is 27.5 Å². The molecule has 0 saturated heterocycles. The van der Waals surface area contributed by atoms with Crippen molar-refractivity contribution in [2.24, 2.45) is 0 Å². The first-order valence-corrected chi connectivity index (χ1v) is 8.30. The van der Waals surface area contributed by atoms with Crippen LogP contribution in [0.25, 0.3) is 0 Å². The third-order valence-electron chi connectivity index (χ3n) is 2.27. The number of halogens is 2. The van der Waals surface area contributed by atoms with Crippen molar-refractivity contribution in [2.75, 3.05) is 19.0 Å². The van der Waals surface area contributed by atoms with Crippen molar-refractivity contribution in [1.82, 2.24) is 4.72 Å². The highest BCUT2D eigenvalue weighted by atomic mass is 79.9. The van der Waals surface area contributed by atoms with Crippen molar-refractivity contribution in [3.05, 3.63) is 29.3 Å². The molecule has 0 saturated carbocycles. The van der Waals surface area contributed by atoms with Crippen molar-refractivity contribution >= 4 is 37.6 Å². The average molecular weight is 357 g/mol. The lowest BCUT2D eigenvalue weighted by atomic mass is 10.3. The van der Waals surface area contributed by atoms with Gasteiger partial charge in [0.15, 0.2) is 0 Å². The van der Waals surface area contributed by atoms with Crippen LogP contribution in [0.15, 0.2) is 29.2 Å². The molecule has 0 heterocycles. The lowest BCUT2D eigenvalue weighted by Crippen LogP contribution is -2.38. The van der Waals surface area contributed by atoms with E-state index in [1.54, 1.807) is 12.1 Å². The first-order chi connectivity index (χ1) is 8.49. The van der Waals surface area contributed by atoms with Gasteiger partial charge in [0.25, 0.3) is 0 Å². The quantitative estimate of drug-likeness (QED) is 0.763. The van der Waals surface area contributed by atoms with E-state index in [2.05, 4.69) is 20.7 Å². The molecule has 18 heavy (non-hydrogen) atoms. The van der Waals surface area contributed by atoms with Crippen LogP contribution in [0, 0.1) is 0 Å². The number of benzene rings is 1. The Morgan fingerprint density at radius 2 is 2.00 bits per heavy atom. The largest absolute Gasteiger partial charge is 0.383 e. The summed E-state index contributed by atoms with van der Waals surface area (Å²) < 4.78 is 31.8. The Bertz CT molecular complexity index is 458. The minimum absolute atomic E-state index is 0.197. The molecule has 1 aromatic carbocycles. The molecule has 0 aliphatic carbocycles. The lowest BCUT2D eigenvalue weighted by molar-refractivity contribution is 0.173. The molecule has 0 fully saturated rings. The van der Waals surface area contributed by atoms with E-state index in [1.807, 2.05) is 0 Å². The second-order valence-corrected chi connectivity index (χ2v) is 6.65. The summed E-state index contributed by atoms with van der Waals surface area (Å²) in [6.07, 6.45) is 0.653. The monoisotopic (exact) mass is 355 g/mol. The van der Waals surface area contributed by atoms with Crippen molar-refractivity contribution in [3.8, 4) is 0 Å². The smallest absolute Gasteiger partial charge is 0.240 e. The zero-order chi connectivity index (χ0) is 13.6. The number of methoxy groups -OCH3 is 1. The van der Waals surface area contributed by atoms with Gasteiger partial charge < -0.3 is 4.74 Å². The van der Waals surface area contributed by atoms with Crippen LogP contribution in [0.4, 0.5) is 0 Å². The maximum absolute atomic E-state index is 12.1. The van der Waals surface area contributed by atoms with E-state index in [0.29, 0.717) is 23.4 Å². The van der Waals surface area contributed by atoms with Crippen LogP contribution in [-0.2, 0) is 14.8 Å². The van der Waals surface area contributed by atoms with Crippen molar-refractivity contribution in [1.29, 1.82) is 0 Å². The Balaban J connectivity index is 2.82. The van der Waals surface area contributed by atoms with Gasteiger partial charge in [-0.25, -0.2) is 13.1 Å². The molecule has 0 amide bonds. The van der Waals surface area contributed by atoms with E-state index in [-0.39, 0.29) is 10.9 Å². The first-order valence-electron chi connectivity index (χ1n) is 5.32. The van der Waals surface area contributed by atoms with Crippen LogP contribution >= 0.6 is 27.5 Å². The molecule has 1 rings (SSSR count). The molecule has 0 spiro atoms. The summed E-state index contributed by atoms with van der Waals surface area (Å²) in [6, 6.07) is 5.79. The minimum Gasteiger partial charge on any atom is -0.383 e. The number of ether oxygens (including phenoxy) is 1. The van der Waals surface area contributed by atoms with Crippen LogP contribution in [0.5, 0.6) is 0 Å². The Hall–Kier alpha value is -0.140. The molecular weight excluding hydrogens is 342 g/mol. The molecule has 1 N–H and O–H groups in total. The van der Waals surface area contributed by atoms with Gasteiger partial charge >= 0.3 is 0 Å². The van der Waals surface area contributed by atoms with Crippen LogP contribution in [0.2, 0.25) is 5.02 Å². The van der Waals surface area contributed by atoms with Gasteiger partial charge in [0, 0.05) is 23.5 Å². The van der Waals surface area contributed by atoms with E-state index in [9.17, 15) is 8.42 Å². The standard InChI is InChI=1S/C11H15BrClNO3S/c1-17-8-10(6-7-12)14-18(15,16)11-4-2-9(13)3-5-11/h2-5,10,14H,6-8H2,1H3. The predicted molar refractivity (Wildman–Crippen MR) is 75.8 cm³/mol. The fourth-order valence-electron chi connectivity index (χ4n) is 1.41. The molecule has 1 atom stereocenters. The maximum atomic E-state index is 12.1. The summed E-state index contributed by atoms with van der Waals surface area (Å²) in [4.78, 5) is 0.197. The number of nitrogens with one attached hydrogen (secondary N) is 1. The van der Waals surface area contributed by atoms with E-state index < -0.39 is 10.0 Å². The zero-order valence-corrected chi connectivity index (χ0v) is 13.1. The first kappa shape index (κ1) is 15.9. The summed E-state index contributed by atoms with van der Waals surface area (Å²) in [5.74, 6) is 0. The van der Waals surface area contributed by atoms with Gasteiger partial charge in [-0.15, -0.1) is 0 Å². The number of alkyl halides is 1. The van der Waals surface area contributed by atoms with Gasteiger partial charge in [0.05, 0.1) is 11.5 Å². The fourth-order valence-corrected chi connectivity index (χ4v) is 3.34. The second kappa shape index (κ2) is 7.45. The molecule has 0 aliphatic rings. The molecule has 4 nitrogen and oxygen atoms in total. The van der Waals surface area contributed by atoms with E-state index >= 15 is 0 Å². The van der Waals surface area contributed by atoms with Crippen LogP contribution in [0.3, 0.4) is 0 Å². The second-order valence-electron chi connectivity index (χ2n) is 3.71. The summed E-state index contributed by atoms with van der Waals surface area (Å²) in [5, 5.41) is 1.20. The zero-order valence-electron chi connectivity index (χ0n) is 9.90. The predicted octanol–water partition coefficient (Wildman–Crippen LogP) is 2.42. The average Bonchev–Trinajstić information content (AvgIpc) is 2.29. The van der Waals surface area contributed by atoms with E-state index in [1.165, 1.54) is 19.2 Å². The van der Waals surface area contributed by atoms with E-state index in [0.717, 1.165) is 0 Å². The van der Waals surface area contributed by atoms with E-state index in [4.69, 9.17) is 16.3 Å². The number of sulfonamides is 1. The Labute approximate surface area is 121 Å². The van der Waals surface area contributed by atoms with Gasteiger partial charge in [-0.2, -0.15) is 0 Å². The van der Waals surface area contributed by atoms with Crippen molar-refractivity contribution in [3.63, 3.8) is 0 Å². The number of hydrogen-bond donors (Lipinski definition) is 1. The van der Waals surface area contributed by atoms with Crippen LogP contribution in [0.1, 0.15) is 6.42 Å². The van der Waals surface area contributed by atoms with Gasteiger partial charge in [0.2, 0.25) is 10.0 Å². The van der Waals surface area contributed by atoms with Crippen molar-refractivity contribution < 1.29 is 13.2 Å². The molecule has 0 aliphatic heterocycles. The minimum atomic E-state index is -3.53. The summed E-state index contributed by atoms with van der Waals surface area (Å²) in [7, 11) is -1.99. The Morgan fingerprint density at radius 3 is 2.50 bits per heavy atom. The van der Waals surface area contributed by atoms with Gasteiger partial charge in [-0.3, -0.25) is 0 Å². The molecular formula is C11H15BrClNO3S. The molecule has 102 valence electrons. The highest BCUT2D eigenvalue weighted by Crippen LogP contribution is 2.14. The summed E-state index contributed by atoms with van der Waals surface area (Å²) in [5.41, 5.74) is 0. The SMILES string of the molecule is COCC(CCBr)NS(=O)(=O)c1ccc(Cl)cc1. The molecule has 0 aromatic heterocycles. The molecule has 1 unspecified atom stereocenters.